The molecule has 29 nitrogen and oxygen atoms in total. The Kier molecular flexibility index (Phi) is 18.6. The number of anilines is 1. The predicted molar refractivity (Wildman–Crippen MR) is 298 cm³/mol. The molecule has 36 heteroatoms. The van der Waals surface area contributed by atoms with Crippen LogP contribution < -0.4 is 10.1 Å². The number of aromatic hydroxyl groups is 1. The number of nitrogens with zero attached hydrogens (tertiary/aromatic N) is 10. The fourth-order valence-electron chi connectivity index (χ4n) is 7.82. The molecule has 3 aromatic heterocycles. The standard InChI is InChI=1S/C46H41N11O15S6.O3S/c1-23-15-33(53-55-41-25(3)29(22-47)44-49-32-21-39(77(66,67)68)35(48-26(4)58)18-36(32)57(44)45(41)59)37(72-11-7-13-75(60,61)62)19-30(23)51-54-34-16-24(2)31(20-38(34)73-12-8-14-76(63,64)65)52-56-46-50-42-40(78(69,70)71)17-27-9-5-6-10-28(27)43(42)74-46;1-4(2)3/h5-6,9-10,15-21,59H,7-8,11-14H2,1-4H3,(H,48,58)(H,60,61,62)(H,63,64,65)(H,66,67,68)(H,69,70,71);. The van der Waals surface area contributed by atoms with E-state index in [9.17, 15) is 67.0 Å². The minimum Gasteiger partial charge on any atom is -0.493 e. The number of thioether (sulfide) groups is 1. The van der Waals surface area contributed by atoms with E-state index in [2.05, 4.69) is 46.0 Å². The molecule has 0 aliphatic heterocycles. The van der Waals surface area contributed by atoms with Crippen LogP contribution in [-0.4, -0.2) is 114 Å². The molecule has 3 heterocycles. The zero-order valence-electron chi connectivity index (χ0n) is 42.5. The number of aromatic nitrogens is 3. The van der Waals surface area contributed by atoms with Crippen molar-refractivity contribution in [1.29, 1.82) is 5.26 Å². The van der Waals surface area contributed by atoms with Crippen molar-refractivity contribution < 1.29 is 79.1 Å². The number of pyridine rings is 1. The van der Waals surface area contributed by atoms with Crippen LogP contribution in [0.15, 0.2) is 112 Å². The highest BCUT2D eigenvalue weighted by Gasteiger charge is 2.26. The highest BCUT2D eigenvalue weighted by Crippen LogP contribution is 2.44. The van der Waals surface area contributed by atoms with Crippen LogP contribution in [0.25, 0.3) is 37.7 Å². The zero-order valence-corrected chi connectivity index (χ0v) is 48.2. The Labute approximate surface area is 474 Å². The number of aryl methyl sites for hydroxylation is 2. The van der Waals surface area contributed by atoms with Gasteiger partial charge in [0.05, 0.1) is 56.6 Å². The Morgan fingerprint density at radius 2 is 1.37 bits per heavy atom. The molecule has 430 valence electrons. The predicted octanol–water partition coefficient (Wildman–Crippen LogP) is 9.47. The molecule has 1 amide bonds. The molecule has 8 rings (SSSR count). The number of hydrogen-bond donors (Lipinski definition) is 6. The van der Waals surface area contributed by atoms with Gasteiger partial charge in [-0.15, -0.1) is 50.0 Å². The lowest BCUT2D eigenvalue weighted by molar-refractivity contribution is -0.114. The molecular formula is C46H41N11O18S7. The summed E-state index contributed by atoms with van der Waals surface area (Å²) in [4.78, 5) is 20.1. The second kappa shape index (κ2) is 24.7. The summed E-state index contributed by atoms with van der Waals surface area (Å²) in [5.41, 5.74) is 0.773. The Bertz CT molecular complexity index is 4670. The summed E-state index contributed by atoms with van der Waals surface area (Å²) in [5, 5.41) is 51.9. The number of nitrogens with one attached hydrogen (secondary N) is 1. The minimum atomic E-state index is -4.91. The fourth-order valence-corrected chi connectivity index (χ4v) is 12.3. The van der Waals surface area contributed by atoms with E-state index in [1.807, 2.05) is 6.07 Å². The number of amides is 1. The number of carbonyl (C=O) groups excluding carboxylic acids is 1. The minimum absolute atomic E-state index is 0.00340. The molecule has 0 aliphatic carbocycles. The number of ether oxygens (including phenoxy) is 1. The molecule has 0 atom stereocenters. The van der Waals surface area contributed by atoms with Gasteiger partial charge in [-0.05, 0) is 92.3 Å². The number of rotatable bonds is 19. The first kappa shape index (κ1) is 61.8. The molecule has 0 saturated carbocycles. The van der Waals surface area contributed by atoms with Gasteiger partial charge in [0.15, 0.2) is 11.3 Å². The second-order valence-corrected chi connectivity index (χ2v) is 25.7. The number of benzene rings is 5. The van der Waals surface area contributed by atoms with Crippen molar-refractivity contribution in [1.82, 2.24) is 14.4 Å². The Morgan fingerprint density at radius 1 is 0.768 bits per heavy atom. The summed E-state index contributed by atoms with van der Waals surface area (Å²) in [7, 11) is -21.4. The smallest absolute Gasteiger partial charge is 0.425 e. The van der Waals surface area contributed by atoms with Crippen molar-refractivity contribution in [3.8, 4) is 17.7 Å². The Balaban J connectivity index is 0.00000234. The molecule has 0 fully saturated rings. The summed E-state index contributed by atoms with van der Waals surface area (Å²) in [6.07, 6.45) is -0.147. The van der Waals surface area contributed by atoms with Crippen LogP contribution >= 0.6 is 23.1 Å². The normalized spacial score (nSPS) is 12.5. The highest BCUT2D eigenvalue weighted by atomic mass is 32.2. The lowest BCUT2D eigenvalue weighted by atomic mass is 10.1. The maximum Gasteiger partial charge on any atom is 0.425 e. The van der Waals surface area contributed by atoms with E-state index < -0.39 is 84.2 Å². The number of thiazole rings is 1. The number of azo groups is 3. The molecule has 0 spiro atoms. The molecule has 0 aliphatic rings. The summed E-state index contributed by atoms with van der Waals surface area (Å²) < 4.78 is 167. The number of carbonyl (C=O) groups is 1. The maximum atomic E-state index is 12.4. The van der Waals surface area contributed by atoms with Crippen molar-refractivity contribution in [3.63, 3.8) is 0 Å². The topological polar surface area (TPSA) is 455 Å². The maximum absolute atomic E-state index is 12.4. The van der Waals surface area contributed by atoms with Gasteiger partial charge < -0.3 is 15.2 Å². The summed E-state index contributed by atoms with van der Waals surface area (Å²) in [6, 6.07) is 18.4. The summed E-state index contributed by atoms with van der Waals surface area (Å²) in [5.74, 6) is -2.39. The SMILES string of the molecule is CC(=O)Nc1cc2c(cc1S(=O)(=O)O)nc1c(C#N)c(C)c(N=Nc3cc(C)c(N=Nc4cc(C)c(N=Nc5nc6c(S(=O)(=O)O)cc7ccccc7c6s5)cc4SCCCS(=O)(=O)O)cc3OCCCS(=O)(=O)O)c(O)n12.O=S(=O)=O. The quantitative estimate of drug-likeness (QED) is 0.0190. The van der Waals surface area contributed by atoms with Crippen molar-refractivity contribution in [3.05, 3.63) is 89.0 Å². The van der Waals surface area contributed by atoms with Crippen LogP contribution in [0.2, 0.25) is 0 Å². The van der Waals surface area contributed by atoms with E-state index in [1.165, 1.54) is 25.1 Å². The fraction of sp³-hybridized carbons (Fsp3) is 0.217. The van der Waals surface area contributed by atoms with E-state index in [1.54, 1.807) is 50.2 Å². The van der Waals surface area contributed by atoms with Crippen LogP contribution in [0, 0.1) is 32.1 Å². The molecule has 6 N–H and O–H groups in total. The van der Waals surface area contributed by atoms with Crippen LogP contribution in [0.3, 0.4) is 0 Å². The largest absolute Gasteiger partial charge is 0.493 e. The van der Waals surface area contributed by atoms with Gasteiger partial charge in [-0.1, -0.05) is 35.6 Å². The average Bonchev–Trinajstić information content (AvgIpc) is 4.18. The first-order chi connectivity index (χ1) is 38.3. The Morgan fingerprint density at radius 3 is 2.00 bits per heavy atom. The first-order valence-corrected chi connectivity index (χ1v) is 31.9. The zero-order chi connectivity index (χ0) is 60.2. The van der Waals surface area contributed by atoms with Gasteiger partial charge in [0.1, 0.15) is 38.4 Å². The molecule has 0 unspecified atom stereocenters. The third-order valence-electron chi connectivity index (χ3n) is 11.4. The second-order valence-electron chi connectivity index (χ2n) is 17.3. The van der Waals surface area contributed by atoms with Gasteiger partial charge in [0.25, 0.3) is 40.5 Å². The van der Waals surface area contributed by atoms with Gasteiger partial charge in [0, 0.05) is 28.8 Å². The molecular weight excluding hydrogens is 1220 g/mol. The summed E-state index contributed by atoms with van der Waals surface area (Å²) in [6.45, 7) is 5.58. The van der Waals surface area contributed by atoms with Gasteiger partial charge in [-0.2, -0.15) is 44.0 Å². The number of imidazole rings is 1. The van der Waals surface area contributed by atoms with E-state index >= 15 is 0 Å². The molecule has 0 bridgehead atoms. The van der Waals surface area contributed by atoms with Crippen molar-refractivity contribution in [2.75, 3.05) is 29.2 Å². The molecule has 0 saturated heterocycles. The van der Waals surface area contributed by atoms with Gasteiger partial charge in [0.2, 0.25) is 16.9 Å². The van der Waals surface area contributed by atoms with Gasteiger partial charge >= 0.3 is 10.6 Å². The van der Waals surface area contributed by atoms with Crippen LogP contribution in [0.1, 0.15) is 42.0 Å². The lowest BCUT2D eigenvalue weighted by Crippen LogP contribution is -2.11. The average molecular weight is 1260 g/mol. The van der Waals surface area contributed by atoms with Gasteiger partial charge in [-0.3, -0.25) is 27.4 Å². The third-order valence-corrected chi connectivity index (χ3v) is 16.9. The van der Waals surface area contributed by atoms with E-state index in [4.69, 9.17) is 17.4 Å². The van der Waals surface area contributed by atoms with Crippen LogP contribution in [0.4, 0.5) is 39.3 Å². The number of fused-ring (bicyclic) bond motifs is 6. The molecule has 82 heavy (non-hydrogen) atoms. The van der Waals surface area contributed by atoms with Crippen molar-refractivity contribution in [2.45, 2.75) is 55.2 Å². The summed E-state index contributed by atoms with van der Waals surface area (Å²) >= 11 is 2.21. The Hall–Kier alpha value is -7.83. The lowest BCUT2D eigenvalue weighted by Gasteiger charge is -2.12. The van der Waals surface area contributed by atoms with E-state index in [-0.39, 0.29) is 97.8 Å². The van der Waals surface area contributed by atoms with Crippen LogP contribution in [-0.2, 0) is 55.9 Å². The monoisotopic (exact) mass is 1260 g/mol. The first-order valence-electron chi connectivity index (χ1n) is 23.0. The van der Waals surface area contributed by atoms with E-state index in [0.717, 1.165) is 46.6 Å². The molecule has 0 radical (unpaired) electrons. The molecule has 5 aromatic carbocycles. The highest BCUT2D eigenvalue weighted by molar-refractivity contribution is 7.99. The number of hydrogen-bond acceptors (Lipinski definition) is 25. The molecule has 8 aromatic rings. The third kappa shape index (κ3) is 15.0. The van der Waals surface area contributed by atoms with Crippen molar-refractivity contribution >= 4 is 157 Å². The van der Waals surface area contributed by atoms with Crippen molar-refractivity contribution in [2.24, 2.45) is 30.7 Å². The van der Waals surface area contributed by atoms with Crippen LogP contribution in [0.5, 0.6) is 11.6 Å². The van der Waals surface area contributed by atoms with Gasteiger partial charge in [-0.25, -0.2) is 9.97 Å². The number of nitriles is 1. The van der Waals surface area contributed by atoms with E-state index in [0.29, 0.717) is 37.2 Å².